The molecule has 0 aromatic carbocycles. The fraction of sp³-hybridized carbons (Fsp3) is 0.833. The van der Waals surface area contributed by atoms with Gasteiger partial charge in [-0.15, -0.1) is 0 Å². The lowest BCUT2D eigenvalue weighted by molar-refractivity contribution is -0.138. The first kappa shape index (κ1) is 14.9. The van der Waals surface area contributed by atoms with E-state index in [2.05, 4.69) is 12.2 Å². The zero-order valence-electron chi connectivity index (χ0n) is 11.0. The van der Waals surface area contributed by atoms with Gasteiger partial charge in [-0.1, -0.05) is 6.92 Å². The Morgan fingerprint density at radius 3 is 2.67 bits per heavy atom. The van der Waals surface area contributed by atoms with Crippen LogP contribution in [0.1, 0.15) is 19.8 Å². The number of hydrogen-bond donors (Lipinski definition) is 2. The highest BCUT2D eigenvalue weighted by atomic mass is 16.4. The van der Waals surface area contributed by atoms with E-state index in [1.165, 1.54) is 0 Å². The molecule has 1 heterocycles. The zero-order chi connectivity index (χ0) is 13.4. The Hall–Kier alpha value is -1.14. The summed E-state index contributed by atoms with van der Waals surface area (Å²) in [6.45, 7) is 6.10. The molecule has 6 heteroatoms. The molecule has 0 aromatic rings. The van der Waals surface area contributed by atoms with E-state index in [9.17, 15) is 9.59 Å². The first-order chi connectivity index (χ1) is 8.63. The molecule has 1 aliphatic heterocycles. The molecule has 0 saturated carbocycles. The second-order valence-electron chi connectivity index (χ2n) is 4.58. The van der Waals surface area contributed by atoms with Crippen LogP contribution in [-0.2, 0) is 9.59 Å². The van der Waals surface area contributed by atoms with E-state index in [-0.39, 0.29) is 12.5 Å². The van der Waals surface area contributed by atoms with Crippen molar-refractivity contribution in [2.24, 2.45) is 0 Å². The summed E-state index contributed by atoms with van der Waals surface area (Å²) in [6, 6.07) is 0. The van der Waals surface area contributed by atoms with Gasteiger partial charge in [0, 0.05) is 26.2 Å². The molecule has 0 radical (unpaired) electrons. The maximum atomic E-state index is 11.9. The normalized spacial score (nSPS) is 17.5. The van der Waals surface area contributed by atoms with Crippen LogP contribution in [0.4, 0.5) is 0 Å². The van der Waals surface area contributed by atoms with Crippen molar-refractivity contribution in [2.75, 3.05) is 45.8 Å². The lowest BCUT2D eigenvalue weighted by Crippen LogP contribution is -2.41. The van der Waals surface area contributed by atoms with Crippen LogP contribution >= 0.6 is 0 Å². The molecule has 0 aliphatic carbocycles. The number of rotatable bonds is 6. The molecule has 1 aliphatic rings. The summed E-state index contributed by atoms with van der Waals surface area (Å²) in [7, 11) is 0. The number of aliphatic carboxylic acids is 1. The van der Waals surface area contributed by atoms with Gasteiger partial charge in [-0.3, -0.25) is 14.5 Å². The minimum absolute atomic E-state index is 0.0656. The molecule has 0 bridgehead atoms. The predicted octanol–water partition coefficient (Wildman–Crippen LogP) is -0.395. The summed E-state index contributed by atoms with van der Waals surface area (Å²) >= 11 is 0. The van der Waals surface area contributed by atoms with Gasteiger partial charge in [0.15, 0.2) is 0 Å². The van der Waals surface area contributed by atoms with E-state index in [0.29, 0.717) is 19.6 Å². The Morgan fingerprint density at radius 2 is 2.00 bits per heavy atom. The van der Waals surface area contributed by atoms with Crippen LogP contribution in [0.25, 0.3) is 0 Å². The molecule has 0 spiro atoms. The monoisotopic (exact) mass is 257 g/mol. The highest BCUT2D eigenvalue weighted by Gasteiger charge is 2.19. The fourth-order valence-electron chi connectivity index (χ4n) is 2.05. The van der Waals surface area contributed by atoms with Crippen LogP contribution in [0.3, 0.4) is 0 Å². The van der Waals surface area contributed by atoms with Crippen LogP contribution in [0.2, 0.25) is 0 Å². The Kier molecular flexibility index (Phi) is 6.67. The number of carboxylic acid groups (broad SMARTS) is 1. The summed E-state index contributed by atoms with van der Waals surface area (Å²) in [6.07, 6.45) is 1.85. The van der Waals surface area contributed by atoms with Crippen molar-refractivity contribution >= 4 is 11.9 Å². The van der Waals surface area contributed by atoms with E-state index < -0.39 is 5.97 Å². The molecule has 1 saturated heterocycles. The van der Waals surface area contributed by atoms with Crippen molar-refractivity contribution in [3.8, 4) is 0 Å². The molecule has 6 nitrogen and oxygen atoms in total. The van der Waals surface area contributed by atoms with E-state index in [4.69, 9.17) is 5.11 Å². The Balaban J connectivity index is 2.32. The predicted molar refractivity (Wildman–Crippen MR) is 68.4 cm³/mol. The van der Waals surface area contributed by atoms with Crippen molar-refractivity contribution in [1.29, 1.82) is 0 Å². The zero-order valence-corrected chi connectivity index (χ0v) is 11.0. The minimum atomic E-state index is -0.806. The summed E-state index contributed by atoms with van der Waals surface area (Å²) < 4.78 is 0. The van der Waals surface area contributed by atoms with Crippen LogP contribution in [-0.4, -0.2) is 72.6 Å². The molecular weight excluding hydrogens is 234 g/mol. The average molecular weight is 257 g/mol. The van der Waals surface area contributed by atoms with Crippen LogP contribution in [0.5, 0.6) is 0 Å². The minimum Gasteiger partial charge on any atom is -0.480 e. The number of nitrogens with zero attached hydrogens (tertiary/aromatic N) is 2. The number of carbonyl (C=O) groups is 2. The number of amides is 1. The second-order valence-corrected chi connectivity index (χ2v) is 4.58. The van der Waals surface area contributed by atoms with Gasteiger partial charge >= 0.3 is 5.97 Å². The highest BCUT2D eigenvalue weighted by molar-refractivity contribution is 5.78. The van der Waals surface area contributed by atoms with Crippen molar-refractivity contribution in [2.45, 2.75) is 19.8 Å². The number of nitrogens with one attached hydrogen (secondary N) is 1. The van der Waals surface area contributed by atoms with Crippen LogP contribution in [0.15, 0.2) is 0 Å². The first-order valence-corrected chi connectivity index (χ1v) is 6.56. The largest absolute Gasteiger partial charge is 0.480 e. The Morgan fingerprint density at radius 1 is 1.22 bits per heavy atom. The molecule has 104 valence electrons. The molecular formula is C12H23N3O3. The van der Waals surface area contributed by atoms with Crippen LogP contribution in [0, 0.1) is 0 Å². The first-order valence-electron chi connectivity index (χ1n) is 6.56. The third-order valence-electron chi connectivity index (χ3n) is 3.00. The highest BCUT2D eigenvalue weighted by Crippen LogP contribution is 2.03. The van der Waals surface area contributed by atoms with Crippen molar-refractivity contribution in [3.63, 3.8) is 0 Å². The van der Waals surface area contributed by atoms with Gasteiger partial charge in [0.05, 0.1) is 13.1 Å². The summed E-state index contributed by atoms with van der Waals surface area (Å²) in [5, 5.41) is 11.8. The standard InChI is InChI=1S/C12H23N3O3/c1-2-4-13-9-11(16)15-6-3-5-14(7-8-15)10-12(17)18/h13H,2-10H2,1H3,(H,17,18). The SMILES string of the molecule is CCCNCC(=O)N1CCCN(CC(=O)O)CC1. The van der Waals surface area contributed by atoms with Crippen molar-refractivity contribution in [1.82, 2.24) is 15.1 Å². The summed E-state index contributed by atoms with van der Waals surface area (Å²) in [4.78, 5) is 26.2. The molecule has 1 fully saturated rings. The van der Waals surface area contributed by atoms with Gasteiger partial charge in [0.1, 0.15) is 0 Å². The molecule has 0 atom stereocenters. The third-order valence-corrected chi connectivity index (χ3v) is 3.00. The molecule has 1 amide bonds. The molecule has 2 N–H and O–H groups in total. The maximum absolute atomic E-state index is 11.9. The Bertz CT molecular complexity index is 284. The second kappa shape index (κ2) is 8.05. The van der Waals surface area contributed by atoms with Gasteiger partial charge in [-0.05, 0) is 19.4 Å². The lowest BCUT2D eigenvalue weighted by Gasteiger charge is -2.21. The average Bonchev–Trinajstić information content (AvgIpc) is 2.54. The maximum Gasteiger partial charge on any atom is 0.317 e. The summed E-state index contributed by atoms with van der Waals surface area (Å²) in [5.74, 6) is -0.694. The number of carbonyl (C=O) groups excluding carboxylic acids is 1. The molecule has 0 unspecified atom stereocenters. The molecule has 18 heavy (non-hydrogen) atoms. The third kappa shape index (κ3) is 5.46. The molecule has 1 rings (SSSR count). The van der Waals surface area contributed by atoms with E-state index in [0.717, 1.165) is 32.5 Å². The topological polar surface area (TPSA) is 72.9 Å². The molecule has 0 aromatic heterocycles. The van der Waals surface area contributed by atoms with Crippen molar-refractivity contribution < 1.29 is 14.7 Å². The van der Waals surface area contributed by atoms with E-state index >= 15 is 0 Å². The van der Waals surface area contributed by atoms with Gasteiger partial charge in [0.25, 0.3) is 0 Å². The smallest absolute Gasteiger partial charge is 0.317 e. The van der Waals surface area contributed by atoms with Gasteiger partial charge in [0.2, 0.25) is 5.91 Å². The van der Waals surface area contributed by atoms with Gasteiger partial charge in [-0.2, -0.15) is 0 Å². The van der Waals surface area contributed by atoms with Crippen LogP contribution < -0.4 is 5.32 Å². The van der Waals surface area contributed by atoms with E-state index in [1.807, 2.05) is 9.80 Å². The van der Waals surface area contributed by atoms with E-state index in [1.54, 1.807) is 0 Å². The Labute approximate surface area is 108 Å². The number of hydrogen-bond acceptors (Lipinski definition) is 4. The van der Waals surface area contributed by atoms with Gasteiger partial charge in [-0.25, -0.2) is 0 Å². The number of carboxylic acids is 1. The van der Waals surface area contributed by atoms with Gasteiger partial charge < -0.3 is 15.3 Å². The van der Waals surface area contributed by atoms with Crippen molar-refractivity contribution in [3.05, 3.63) is 0 Å². The summed E-state index contributed by atoms with van der Waals surface area (Å²) in [5.41, 5.74) is 0. The fourth-order valence-corrected chi connectivity index (χ4v) is 2.05. The lowest BCUT2D eigenvalue weighted by atomic mass is 10.3. The quantitative estimate of drug-likeness (QED) is 0.634.